The Labute approximate surface area is 244 Å². The molecular weight excluding hydrogens is 582 g/mol. The van der Waals surface area contributed by atoms with Crippen LogP contribution in [-0.2, 0) is 12.4 Å². The van der Waals surface area contributed by atoms with E-state index in [1.165, 1.54) is 6.07 Å². The first-order chi connectivity index (χ1) is 20.5. The van der Waals surface area contributed by atoms with Gasteiger partial charge >= 0.3 is 12.4 Å². The summed E-state index contributed by atoms with van der Waals surface area (Å²) in [5.41, 5.74) is 1.00. The summed E-state index contributed by atoms with van der Waals surface area (Å²) in [7, 11) is 0. The van der Waals surface area contributed by atoms with E-state index in [0.717, 1.165) is 60.2 Å². The number of halogens is 6. The maximum atomic E-state index is 13.4. The Morgan fingerprint density at radius 1 is 0.535 bits per heavy atom. The third-order valence-electron chi connectivity index (χ3n) is 7.41. The van der Waals surface area contributed by atoms with E-state index in [0.29, 0.717) is 5.39 Å². The highest BCUT2D eigenvalue weighted by atomic mass is 32.1. The first-order valence-electron chi connectivity index (χ1n) is 13.1. The van der Waals surface area contributed by atoms with E-state index < -0.39 is 23.5 Å². The topological polar surface area (TPSA) is 25.8 Å². The van der Waals surface area contributed by atoms with Crippen LogP contribution in [0.3, 0.4) is 0 Å². The van der Waals surface area contributed by atoms with E-state index in [9.17, 15) is 26.3 Å². The van der Waals surface area contributed by atoms with Crippen molar-refractivity contribution in [3.63, 3.8) is 0 Å². The molecule has 0 atom stereocenters. The minimum atomic E-state index is -4.91. The molecule has 2 nitrogen and oxygen atoms in total. The van der Waals surface area contributed by atoms with Gasteiger partial charge in [-0.05, 0) is 76.0 Å². The highest BCUT2D eigenvalue weighted by Gasteiger charge is 2.37. The van der Waals surface area contributed by atoms with Gasteiger partial charge in [0.2, 0.25) is 0 Å². The SMILES string of the molecule is FC(F)(F)c1cc(-c2ccc3cc(-c4ccc(-c5cccc6c5sc5ncccc56)nc4)ccc3c2)cc(C(F)(F)F)c1. The van der Waals surface area contributed by atoms with Crippen LogP contribution in [0.15, 0.2) is 109 Å². The molecule has 3 heterocycles. The number of aromatic nitrogens is 2. The Balaban J connectivity index is 1.22. The lowest BCUT2D eigenvalue weighted by Crippen LogP contribution is -2.11. The zero-order chi connectivity index (χ0) is 29.9. The molecule has 4 aromatic carbocycles. The average molecular weight is 601 g/mol. The molecule has 0 radical (unpaired) electrons. The van der Waals surface area contributed by atoms with Crippen molar-refractivity contribution in [3.05, 3.63) is 121 Å². The molecule has 0 aliphatic carbocycles. The van der Waals surface area contributed by atoms with Crippen molar-refractivity contribution in [2.75, 3.05) is 0 Å². The molecule has 9 heteroatoms. The van der Waals surface area contributed by atoms with E-state index >= 15 is 0 Å². The van der Waals surface area contributed by atoms with Crippen LogP contribution in [0, 0.1) is 0 Å². The van der Waals surface area contributed by atoms with Gasteiger partial charge in [-0.15, -0.1) is 11.3 Å². The van der Waals surface area contributed by atoms with Crippen molar-refractivity contribution in [3.8, 4) is 33.5 Å². The van der Waals surface area contributed by atoms with Gasteiger partial charge in [0.25, 0.3) is 0 Å². The molecule has 0 saturated heterocycles. The number of benzene rings is 4. The second-order valence-corrected chi connectivity index (χ2v) is 11.1. The molecular formula is C34H18F6N2S. The number of thiophene rings is 1. The van der Waals surface area contributed by atoms with Crippen LogP contribution in [0.2, 0.25) is 0 Å². The number of rotatable bonds is 3. The predicted molar refractivity (Wildman–Crippen MR) is 159 cm³/mol. The van der Waals surface area contributed by atoms with Crippen molar-refractivity contribution in [2.24, 2.45) is 0 Å². The molecule has 0 fully saturated rings. The Bertz CT molecular complexity index is 2130. The first-order valence-corrected chi connectivity index (χ1v) is 13.9. The largest absolute Gasteiger partial charge is 0.416 e. The maximum Gasteiger partial charge on any atom is 0.416 e. The fourth-order valence-electron chi connectivity index (χ4n) is 5.28. The molecule has 0 bridgehead atoms. The van der Waals surface area contributed by atoms with E-state index in [-0.39, 0.29) is 17.2 Å². The zero-order valence-electron chi connectivity index (χ0n) is 22.0. The monoisotopic (exact) mass is 600 g/mol. The lowest BCUT2D eigenvalue weighted by molar-refractivity contribution is -0.143. The lowest BCUT2D eigenvalue weighted by Gasteiger charge is -2.15. The summed E-state index contributed by atoms with van der Waals surface area (Å²) in [5, 5.41) is 3.71. The quantitative estimate of drug-likeness (QED) is 0.189. The smallest absolute Gasteiger partial charge is 0.256 e. The molecule has 43 heavy (non-hydrogen) atoms. The van der Waals surface area contributed by atoms with Crippen molar-refractivity contribution < 1.29 is 26.3 Å². The van der Waals surface area contributed by atoms with Gasteiger partial charge in [-0.1, -0.05) is 48.5 Å². The van der Waals surface area contributed by atoms with Gasteiger partial charge in [0.05, 0.1) is 16.8 Å². The molecule has 212 valence electrons. The van der Waals surface area contributed by atoms with Crippen LogP contribution in [0.1, 0.15) is 11.1 Å². The second kappa shape index (κ2) is 9.91. The standard InChI is InChI=1S/C34H18F6N2S/c35-33(36,37)25-15-24(16-26(17-25)34(38,39)40)22-9-7-19-13-21(8-6-20(19)14-22)23-10-11-30(42-18-23)29-4-1-3-27-28-5-2-12-41-32(28)43-31(27)29/h1-18H. The Morgan fingerprint density at radius 2 is 1.16 bits per heavy atom. The van der Waals surface area contributed by atoms with Crippen LogP contribution in [-0.4, -0.2) is 9.97 Å². The number of pyridine rings is 2. The van der Waals surface area contributed by atoms with Crippen LogP contribution in [0.5, 0.6) is 0 Å². The number of fused-ring (bicyclic) bond motifs is 4. The van der Waals surface area contributed by atoms with E-state index in [2.05, 4.69) is 17.1 Å². The molecule has 0 N–H and O–H groups in total. The fraction of sp³-hybridized carbons (Fsp3) is 0.0588. The van der Waals surface area contributed by atoms with Gasteiger partial charge < -0.3 is 0 Å². The predicted octanol–water partition coefficient (Wildman–Crippen LogP) is 11.0. The number of alkyl halides is 6. The average Bonchev–Trinajstić information content (AvgIpc) is 3.38. The summed E-state index contributed by atoms with van der Waals surface area (Å²) in [6.07, 6.45) is -6.25. The summed E-state index contributed by atoms with van der Waals surface area (Å²) in [6.45, 7) is 0. The minimum absolute atomic E-state index is 0.135. The van der Waals surface area contributed by atoms with Gasteiger partial charge in [-0.3, -0.25) is 4.98 Å². The van der Waals surface area contributed by atoms with Gasteiger partial charge in [0, 0.05) is 39.0 Å². The molecule has 0 aliphatic heterocycles. The highest BCUT2D eigenvalue weighted by Crippen LogP contribution is 2.40. The number of nitrogens with zero attached hydrogens (tertiary/aromatic N) is 2. The third-order valence-corrected chi connectivity index (χ3v) is 8.57. The number of hydrogen-bond acceptors (Lipinski definition) is 3. The van der Waals surface area contributed by atoms with Gasteiger partial charge in [0.15, 0.2) is 0 Å². The Hall–Kier alpha value is -4.76. The van der Waals surface area contributed by atoms with Crippen LogP contribution in [0.25, 0.3) is 64.6 Å². The van der Waals surface area contributed by atoms with E-state index in [4.69, 9.17) is 4.98 Å². The van der Waals surface area contributed by atoms with Gasteiger partial charge in [-0.2, -0.15) is 26.3 Å². The van der Waals surface area contributed by atoms with Crippen molar-refractivity contribution in [1.82, 2.24) is 9.97 Å². The minimum Gasteiger partial charge on any atom is -0.256 e. The van der Waals surface area contributed by atoms with Gasteiger partial charge in [0.1, 0.15) is 4.83 Å². The molecule has 0 amide bonds. The third kappa shape index (κ3) is 4.99. The lowest BCUT2D eigenvalue weighted by atomic mass is 9.95. The van der Waals surface area contributed by atoms with Crippen LogP contribution >= 0.6 is 11.3 Å². The van der Waals surface area contributed by atoms with Crippen molar-refractivity contribution >= 4 is 42.4 Å². The molecule has 0 unspecified atom stereocenters. The molecule has 0 saturated carbocycles. The fourth-order valence-corrected chi connectivity index (χ4v) is 6.45. The Morgan fingerprint density at radius 3 is 1.79 bits per heavy atom. The Kier molecular flexibility index (Phi) is 6.25. The van der Waals surface area contributed by atoms with Gasteiger partial charge in [-0.25, -0.2) is 4.98 Å². The normalized spacial score (nSPS) is 12.4. The van der Waals surface area contributed by atoms with Crippen LogP contribution < -0.4 is 0 Å². The summed E-state index contributed by atoms with van der Waals surface area (Å²) < 4.78 is 81.3. The van der Waals surface area contributed by atoms with Crippen molar-refractivity contribution in [2.45, 2.75) is 12.4 Å². The van der Waals surface area contributed by atoms with E-state index in [1.807, 2.05) is 42.5 Å². The first kappa shape index (κ1) is 27.1. The summed E-state index contributed by atoms with van der Waals surface area (Å²) in [5.74, 6) is 0. The summed E-state index contributed by atoms with van der Waals surface area (Å²) in [6, 6.07) is 26.1. The summed E-state index contributed by atoms with van der Waals surface area (Å²) in [4.78, 5) is 10.2. The molecule has 7 aromatic rings. The van der Waals surface area contributed by atoms with Crippen LogP contribution in [0.4, 0.5) is 26.3 Å². The highest BCUT2D eigenvalue weighted by molar-refractivity contribution is 7.26. The molecule has 7 rings (SSSR count). The zero-order valence-corrected chi connectivity index (χ0v) is 22.8. The second-order valence-electron chi connectivity index (χ2n) is 10.1. The molecule has 0 spiro atoms. The number of hydrogen-bond donors (Lipinski definition) is 0. The van der Waals surface area contributed by atoms with E-state index in [1.54, 1.807) is 41.9 Å². The molecule has 0 aliphatic rings. The van der Waals surface area contributed by atoms with Crippen molar-refractivity contribution in [1.29, 1.82) is 0 Å². The summed E-state index contributed by atoms with van der Waals surface area (Å²) >= 11 is 1.63. The maximum absolute atomic E-state index is 13.4. The molecule has 3 aromatic heterocycles.